The second-order valence-electron chi connectivity index (χ2n) is 6.45. The molecule has 2 aromatic rings. The van der Waals surface area contributed by atoms with Gasteiger partial charge in [0.05, 0.1) is 25.8 Å². The third kappa shape index (κ3) is 4.93. The lowest BCUT2D eigenvalue weighted by Gasteiger charge is -2.17. The highest BCUT2D eigenvalue weighted by molar-refractivity contribution is 5.85. The molecule has 2 heterocycles. The van der Waals surface area contributed by atoms with Gasteiger partial charge in [-0.2, -0.15) is 5.10 Å². The summed E-state index contributed by atoms with van der Waals surface area (Å²) in [4.78, 5) is 12.7. The van der Waals surface area contributed by atoms with E-state index in [9.17, 15) is 4.79 Å². The molecule has 1 aliphatic heterocycles. The number of hydrogen-bond donors (Lipinski definition) is 2. The second kappa shape index (κ2) is 9.62. The lowest BCUT2D eigenvalue weighted by atomic mass is 9.90. The van der Waals surface area contributed by atoms with E-state index in [1.807, 2.05) is 44.6 Å². The van der Waals surface area contributed by atoms with Crippen LogP contribution in [0.2, 0.25) is 0 Å². The van der Waals surface area contributed by atoms with Crippen LogP contribution in [0, 0.1) is 5.92 Å². The van der Waals surface area contributed by atoms with E-state index in [-0.39, 0.29) is 30.2 Å². The third-order valence-corrected chi connectivity index (χ3v) is 4.70. The van der Waals surface area contributed by atoms with Gasteiger partial charge in [0, 0.05) is 38.8 Å². The van der Waals surface area contributed by atoms with Crippen LogP contribution in [0.5, 0.6) is 11.5 Å². The number of carbonyl (C=O) groups excluding carboxylic acids is 1. The van der Waals surface area contributed by atoms with Gasteiger partial charge < -0.3 is 20.1 Å². The number of carbonyl (C=O) groups is 1. The van der Waals surface area contributed by atoms with Crippen molar-refractivity contribution < 1.29 is 14.3 Å². The summed E-state index contributed by atoms with van der Waals surface area (Å²) in [5.41, 5.74) is 2.08. The Hall–Kier alpha value is -2.25. The van der Waals surface area contributed by atoms with Crippen LogP contribution in [0.25, 0.3) is 0 Å². The van der Waals surface area contributed by atoms with E-state index < -0.39 is 0 Å². The van der Waals surface area contributed by atoms with Gasteiger partial charge >= 0.3 is 0 Å². The van der Waals surface area contributed by atoms with Crippen LogP contribution < -0.4 is 20.1 Å². The van der Waals surface area contributed by atoms with Crippen molar-refractivity contribution in [3.63, 3.8) is 0 Å². The van der Waals surface area contributed by atoms with Crippen molar-refractivity contribution in [2.75, 3.05) is 26.8 Å². The predicted octanol–water partition coefficient (Wildman–Crippen LogP) is 1.87. The molecule has 0 aliphatic carbocycles. The number of benzene rings is 1. The predicted molar refractivity (Wildman–Crippen MR) is 106 cm³/mol. The summed E-state index contributed by atoms with van der Waals surface area (Å²) in [7, 11) is 3.51. The molecule has 3 rings (SSSR count). The Bertz CT molecular complexity index is 765. The second-order valence-corrected chi connectivity index (χ2v) is 6.45. The highest BCUT2D eigenvalue weighted by atomic mass is 35.5. The summed E-state index contributed by atoms with van der Waals surface area (Å²) in [6, 6.07) is 5.71. The first kappa shape index (κ1) is 21.1. The summed E-state index contributed by atoms with van der Waals surface area (Å²) in [6.45, 7) is 4.42. The summed E-state index contributed by atoms with van der Waals surface area (Å²) in [6.07, 6.45) is 3.82. The van der Waals surface area contributed by atoms with Crippen molar-refractivity contribution in [2.45, 2.75) is 19.4 Å². The number of nitrogens with zero attached hydrogens (tertiary/aromatic N) is 2. The lowest BCUT2D eigenvalue weighted by molar-refractivity contribution is -0.125. The van der Waals surface area contributed by atoms with E-state index in [1.165, 1.54) is 0 Å². The number of methoxy groups -OCH3 is 1. The van der Waals surface area contributed by atoms with E-state index in [4.69, 9.17) is 9.47 Å². The van der Waals surface area contributed by atoms with Crippen molar-refractivity contribution in [1.29, 1.82) is 0 Å². The SMILES string of the molecule is CCOc1cc(CNC(=O)[C@H]2CNC[C@@H]2c2cnn(C)c2)ccc1OC.Cl. The van der Waals surface area contributed by atoms with Crippen molar-refractivity contribution in [3.8, 4) is 11.5 Å². The van der Waals surface area contributed by atoms with E-state index >= 15 is 0 Å². The molecule has 27 heavy (non-hydrogen) atoms. The molecule has 1 aromatic heterocycles. The third-order valence-electron chi connectivity index (χ3n) is 4.70. The van der Waals surface area contributed by atoms with Crippen LogP contribution in [0.15, 0.2) is 30.6 Å². The summed E-state index contributed by atoms with van der Waals surface area (Å²) in [5.74, 6) is 1.50. The zero-order chi connectivity index (χ0) is 18.5. The number of nitrogens with one attached hydrogen (secondary N) is 2. The van der Waals surface area contributed by atoms with Gasteiger partial charge in [0.2, 0.25) is 5.91 Å². The Morgan fingerprint density at radius 3 is 2.85 bits per heavy atom. The van der Waals surface area contributed by atoms with Crippen LogP contribution in [-0.2, 0) is 18.4 Å². The van der Waals surface area contributed by atoms with Gasteiger partial charge in [-0.15, -0.1) is 12.4 Å². The maximum absolute atomic E-state index is 12.7. The molecule has 1 amide bonds. The molecule has 2 atom stereocenters. The lowest BCUT2D eigenvalue weighted by Crippen LogP contribution is -2.33. The largest absolute Gasteiger partial charge is 0.493 e. The van der Waals surface area contributed by atoms with Crippen LogP contribution >= 0.6 is 12.4 Å². The number of aryl methyl sites for hydroxylation is 1. The average molecular weight is 395 g/mol. The van der Waals surface area contributed by atoms with Crippen LogP contribution in [0.4, 0.5) is 0 Å². The molecular formula is C19H27ClN4O3. The first-order valence-electron chi connectivity index (χ1n) is 8.89. The summed E-state index contributed by atoms with van der Waals surface area (Å²) in [5, 5.41) is 10.6. The van der Waals surface area contributed by atoms with Crippen LogP contribution in [0.3, 0.4) is 0 Å². The standard InChI is InChI=1S/C19H26N4O3.ClH/c1-4-26-18-7-13(5-6-17(18)25-3)8-21-19(24)16-11-20-10-15(16)14-9-22-23(2)12-14;/h5-7,9,12,15-16,20H,4,8,10-11H2,1-3H3,(H,21,24);1H/t15-,16+;/m1./s1. The molecule has 0 unspecified atom stereocenters. The highest BCUT2D eigenvalue weighted by Gasteiger charge is 2.34. The van der Waals surface area contributed by atoms with Crippen LogP contribution in [0.1, 0.15) is 24.0 Å². The molecular weight excluding hydrogens is 368 g/mol. The Morgan fingerprint density at radius 2 is 2.19 bits per heavy atom. The fourth-order valence-electron chi connectivity index (χ4n) is 3.36. The number of ether oxygens (including phenoxy) is 2. The highest BCUT2D eigenvalue weighted by Crippen LogP contribution is 2.29. The zero-order valence-electron chi connectivity index (χ0n) is 15.9. The molecule has 1 saturated heterocycles. The minimum atomic E-state index is -0.0937. The summed E-state index contributed by atoms with van der Waals surface area (Å²) >= 11 is 0. The molecule has 1 fully saturated rings. The van der Waals surface area contributed by atoms with Gasteiger partial charge in [-0.3, -0.25) is 9.48 Å². The Kier molecular flexibility index (Phi) is 7.50. The first-order valence-corrected chi connectivity index (χ1v) is 8.89. The van der Waals surface area contributed by atoms with Crippen LogP contribution in [-0.4, -0.2) is 42.5 Å². The van der Waals surface area contributed by atoms with E-state index in [1.54, 1.807) is 11.8 Å². The maximum Gasteiger partial charge on any atom is 0.225 e. The molecule has 8 heteroatoms. The number of aromatic nitrogens is 2. The molecule has 0 saturated carbocycles. The minimum absolute atomic E-state index is 0. The quantitative estimate of drug-likeness (QED) is 0.749. The van der Waals surface area contributed by atoms with E-state index in [2.05, 4.69) is 15.7 Å². The summed E-state index contributed by atoms with van der Waals surface area (Å²) < 4.78 is 12.7. The zero-order valence-corrected chi connectivity index (χ0v) is 16.7. The molecule has 7 nitrogen and oxygen atoms in total. The number of hydrogen-bond acceptors (Lipinski definition) is 5. The monoisotopic (exact) mass is 394 g/mol. The van der Waals surface area contributed by atoms with Gasteiger partial charge in [-0.1, -0.05) is 6.07 Å². The van der Waals surface area contributed by atoms with E-state index in [0.29, 0.717) is 31.2 Å². The van der Waals surface area contributed by atoms with Crippen molar-refractivity contribution in [1.82, 2.24) is 20.4 Å². The van der Waals surface area contributed by atoms with Gasteiger partial charge in [0.1, 0.15) is 0 Å². The average Bonchev–Trinajstić information content (AvgIpc) is 3.29. The number of halogens is 1. The number of amides is 1. The fourth-order valence-corrected chi connectivity index (χ4v) is 3.36. The van der Waals surface area contributed by atoms with Crippen molar-refractivity contribution >= 4 is 18.3 Å². The smallest absolute Gasteiger partial charge is 0.225 e. The molecule has 2 N–H and O–H groups in total. The molecule has 0 radical (unpaired) electrons. The first-order chi connectivity index (χ1) is 12.6. The Labute approximate surface area is 165 Å². The molecule has 0 spiro atoms. The molecule has 1 aromatic carbocycles. The minimum Gasteiger partial charge on any atom is -0.493 e. The normalized spacial score (nSPS) is 18.6. The molecule has 0 bridgehead atoms. The van der Waals surface area contributed by atoms with Gasteiger partial charge in [0.25, 0.3) is 0 Å². The van der Waals surface area contributed by atoms with Gasteiger partial charge in [0.15, 0.2) is 11.5 Å². The Balaban J connectivity index is 0.00000261. The van der Waals surface area contributed by atoms with Gasteiger partial charge in [-0.05, 0) is 30.2 Å². The van der Waals surface area contributed by atoms with Crippen molar-refractivity contribution in [2.24, 2.45) is 13.0 Å². The molecule has 1 aliphatic rings. The fraction of sp³-hybridized carbons (Fsp3) is 0.474. The number of rotatable bonds is 7. The maximum atomic E-state index is 12.7. The van der Waals surface area contributed by atoms with Crippen molar-refractivity contribution in [3.05, 3.63) is 41.7 Å². The van der Waals surface area contributed by atoms with Gasteiger partial charge in [-0.25, -0.2) is 0 Å². The topological polar surface area (TPSA) is 77.4 Å². The van der Waals surface area contributed by atoms with E-state index in [0.717, 1.165) is 17.7 Å². The Morgan fingerprint density at radius 1 is 1.37 bits per heavy atom. The molecule has 148 valence electrons.